The highest BCUT2D eigenvalue weighted by Crippen LogP contribution is 2.28. The lowest BCUT2D eigenvalue weighted by molar-refractivity contribution is -0.138. The zero-order chi connectivity index (χ0) is 16.5. The number of benzene rings is 2. The molecule has 0 fully saturated rings. The molecule has 0 saturated heterocycles. The quantitative estimate of drug-likeness (QED) is 0.802. The summed E-state index contributed by atoms with van der Waals surface area (Å²) in [5.74, 6) is 0.762. The van der Waals surface area contributed by atoms with E-state index in [0.29, 0.717) is 6.54 Å². The lowest BCUT2D eigenvalue weighted by Crippen LogP contribution is -2.43. The van der Waals surface area contributed by atoms with Crippen molar-refractivity contribution in [1.29, 1.82) is 0 Å². The molecule has 1 N–H and O–H groups in total. The number of carbonyl (C=O) groups is 1. The number of hydrogen-bond acceptors (Lipinski definition) is 2. The molecule has 3 aromatic rings. The summed E-state index contributed by atoms with van der Waals surface area (Å²) in [4.78, 5) is 18.1. The Hall–Kier alpha value is -2.75. The molecule has 1 amide bonds. The summed E-state index contributed by atoms with van der Waals surface area (Å²) in [5.41, 5.74) is 3.62. The number of rotatable bonds is 3. The summed E-state index contributed by atoms with van der Waals surface area (Å²) in [6.45, 7) is 3.18. The maximum Gasteiger partial charge on any atom is 0.263 e. The molecular formula is C20H20N2O2. The predicted octanol–water partition coefficient (Wildman–Crippen LogP) is 3.52. The third-order valence-corrected chi connectivity index (χ3v) is 4.60. The van der Waals surface area contributed by atoms with Gasteiger partial charge in [-0.15, -0.1) is 0 Å². The number of aromatic amines is 1. The number of nitrogens with zero attached hydrogens (tertiary/aromatic N) is 1. The van der Waals surface area contributed by atoms with E-state index in [0.717, 1.165) is 24.2 Å². The van der Waals surface area contributed by atoms with E-state index in [-0.39, 0.29) is 5.91 Å². The predicted molar refractivity (Wildman–Crippen MR) is 94.0 cm³/mol. The zero-order valence-corrected chi connectivity index (χ0v) is 13.7. The van der Waals surface area contributed by atoms with Crippen molar-refractivity contribution in [1.82, 2.24) is 9.88 Å². The molecule has 2 aromatic carbocycles. The van der Waals surface area contributed by atoms with E-state index in [1.807, 2.05) is 54.3 Å². The average molecular weight is 320 g/mol. The number of nitrogens with one attached hydrogen (secondary N) is 1. The lowest BCUT2D eigenvalue weighted by atomic mass is 10.0. The molecule has 1 unspecified atom stereocenters. The number of ether oxygens (including phenoxy) is 1. The summed E-state index contributed by atoms with van der Waals surface area (Å²) < 4.78 is 5.79. The molecule has 0 bridgehead atoms. The molecule has 122 valence electrons. The lowest BCUT2D eigenvalue weighted by Gasteiger charge is -2.29. The first-order valence-electron chi connectivity index (χ1n) is 8.31. The van der Waals surface area contributed by atoms with Gasteiger partial charge in [-0.25, -0.2) is 0 Å². The Morgan fingerprint density at radius 2 is 1.88 bits per heavy atom. The molecule has 4 rings (SSSR count). The van der Waals surface area contributed by atoms with Crippen LogP contribution < -0.4 is 4.74 Å². The van der Waals surface area contributed by atoms with Crippen LogP contribution in [0.3, 0.4) is 0 Å². The largest absolute Gasteiger partial charge is 0.481 e. The number of para-hydroxylation sites is 2. The van der Waals surface area contributed by atoms with Crippen molar-refractivity contribution in [3.63, 3.8) is 0 Å². The molecule has 0 spiro atoms. The molecule has 4 heteroatoms. The van der Waals surface area contributed by atoms with Crippen LogP contribution >= 0.6 is 0 Å². The van der Waals surface area contributed by atoms with Crippen molar-refractivity contribution in [3.05, 3.63) is 65.9 Å². The van der Waals surface area contributed by atoms with Crippen LogP contribution in [0.5, 0.6) is 5.75 Å². The number of aromatic nitrogens is 1. The van der Waals surface area contributed by atoms with Gasteiger partial charge in [0.2, 0.25) is 0 Å². The van der Waals surface area contributed by atoms with Crippen LogP contribution in [-0.2, 0) is 17.8 Å². The monoisotopic (exact) mass is 320 g/mol. The summed E-state index contributed by atoms with van der Waals surface area (Å²) in [6, 6.07) is 17.8. The Labute approximate surface area is 141 Å². The minimum atomic E-state index is -0.487. The fourth-order valence-electron chi connectivity index (χ4n) is 3.37. The van der Waals surface area contributed by atoms with Gasteiger partial charge in [0.1, 0.15) is 5.75 Å². The van der Waals surface area contributed by atoms with Crippen molar-refractivity contribution < 1.29 is 9.53 Å². The van der Waals surface area contributed by atoms with Gasteiger partial charge in [-0.05, 0) is 25.1 Å². The van der Waals surface area contributed by atoms with Crippen LogP contribution in [0, 0.1) is 0 Å². The molecule has 1 atom stereocenters. The minimum absolute atomic E-state index is 0.0368. The fraction of sp³-hybridized carbons (Fsp3) is 0.250. The van der Waals surface area contributed by atoms with Gasteiger partial charge in [0.05, 0.1) is 0 Å². The van der Waals surface area contributed by atoms with Gasteiger partial charge in [-0.1, -0.05) is 36.4 Å². The van der Waals surface area contributed by atoms with Gasteiger partial charge in [0.15, 0.2) is 6.10 Å². The van der Waals surface area contributed by atoms with Gasteiger partial charge in [-0.2, -0.15) is 0 Å². The molecule has 0 aliphatic carbocycles. The standard InChI is InChI=1S/C20H20N2O2/c1-14(24-15-7-3-2-4-8-15)20(23)22-12-11-19-17(13-22)16-9-5-6-10-18(16)21-19/h2-10,14,21H,11-13H2,1H3. The second-order valence-corrected chi connectivity index (χ2v) is 6.21. The SMILES string of the molecule is CC(Oc1ccccc1)C(=O)N1CCc2[nH]c3ccccc3c2C1. The minimum Gasteiger partial charge on any atom is -0.481 e. The van der Waals surface area contributed by atoms with E-state index >= 15 is 0 Å². The Bertz CT molecular complexity index is 870. The fourth-order valence-corrected chi connectivity index (χ4v) is 3.37. The maximum atomic E-state index is 12.8. The second-order valence-electron chi connectivity index (χ2n) is 6.21. The van der Waals surface area contributed by atoms with Crippen molar-refractivity contribution in [2.75, 3.05) is 6.54 Å². The van der Waals surface area contributed by atoms with E-state index in [1.165, 1.54) is 16.6 Å². The van der Waals surface area contributed by atoms with Crippen molar-refractivity contribution >= 4 is 16.8 Å². The highest BCUT2D eigenvalue weighted by Gasteiger charge is 2.27. The third kappa shape index (κ3) is 2.64. The van der Waals surface area contributed by atoms with E-state index < -0.39 is 6.10 Å². The van der Waals surface area contributed by atoms with Crippen LogP contribution in [0.1, 0.15) is 18.2 Å². The molecule has 2 heterocycles. The highest BCUT2D eigenvalue weighted by atomic mass is 16.5. The number of fused-ring (bicyclic) bond motifs is 3. The van der Waals surface area contributed by atoms with Crippen LogP contribution in [0.25, 0.3) is 10.9 Å². The topological polar surface area (TPSA) is 45.3 Å². The summed E-state index contributed by atoms with van der Waals surface area (Å²) in [5, 5.41) is 1.21. The van der Waals surface area contributed by atoms with Crippen LogP contribution in [-0.4, -0.2) is 28.4 Å². The summed E-state index contributed by atoms with van der Waals surface area (Å²) >= 11 is 0. The molecule has 1 aromatic heterocycles. The van der Waals surface area contributed by atoms with Crippen molar-refractivity contribution in [3.8, 4) is 5.75 Å². The van der Waals surface area contributed by atoms with Crippen LogP contribution in [0.4, 0.5) is 0 Å². The number of amides is 1. The first-order valence-corrected chi connectivity index (χ1v) is 8.31. The second kappa shape index (κ2) is 6.04. The summed E-state index contributed by atoms with van der Waals surface area (Å²) in [6.07, 6.45) is 0.368. The number of carbonyl (C=O) groups excluding carboxylic acids is 1. The van der Waals surface area contributed by atoms with Crippen LogP contribution in [0.2, 0.25) is 0 Å². The van der Waals surface area contributed by atoms with Crippen LogP contribution in [0.15, 0.2) is 54.6 Å². The Kier molecular flexibility index (Phi) is 3.73. The first kappa shape index (κ1) is 14.8. The smallest absolute Gasteiger partial charge is 0.263 e. The molecule has 1 aliphatic heterocycles. The van der Waals surface area contributed by atoms with Crippen molar-refractivity contribution in [2.24, 2.45) is 0 Å². The average Bonchev–Trinajstić information content (AvgIpc) is 2.99. The first-order chi connectivity index (χ1) is 11.7. The number of H-pyrrole nitrogens is 1. The van der Waals surface area contributed by atoms with E-state index in [9.17, 15) is 4.79 Å². The highest BCUT2D eigenvalue weighted by molar-refractivity contribution is 5.86. The number of hydrogen-bond donors (Lipinski definition) is 1. The van der Waals surface area contributed by atoms with E-state index in [1.54, 1.807) is 0 Å². The van der Waals surface area contributed by atoms with Gasteiger partial charge in [-0.3, -0.25) is 4.79 Å². The van der Waals surface area contributed by atoms with Gasteiger partial charge in [0.25, 0.3) is 5.91 Å². The molecule has 24 heavy (non-hydrogen) atoms. The molecule has 0 saturated carbocycles. The maximum absolute atomic E-state index is 12.8. The normalized spacial score (nSPS) is 15.1. The zero-order valence-electron chi connectivity index (χ0n) is 13.7. The van der Waals surface area contributed by atoms with Gasteiger partial charge >= 0.3 is 0 Å². The Balaban J connectivity index is 1.52. The molecular weight excluding hydrogens is 300 g/mol. The molecule has 0 radical (unpaired) electrons. The molecule has 4 nitrogen and oxygen atoms in total. The van der Waals surface area contributed by atoms with Crippen molar-refractivity contribution in [2.45, 2.75) is 26.0 Å². The van der Waals surface area contributed by atoms with Gasteiger partial charge in [0, 0.05) is 41.7 Å². The Morgan fingerprint density at radius 3 is 2.71 bits per heavy atom. The Morgan fingerprint density at radius 1 is 1.12 bits per heavy atom. The summed E-state index contributed by atoms with van der Waals surface area (Å²) in [7, 11) is 0. The third-order valence-electron chi connectivity index (χ3n) is 4.60. The van der Waals surface area contributed by atoms with Gasteiger partial charge < -0.3 is 14.6 Å². The van der Waals surface area contributed by atoms with E-state index in [2.05, 4.69) is 17.1 Å². The van der Waals surface area contributed by atoms with E-state index in [4.69, 9.17) is 4.74 Å². The molecule has 1 aliphatic rings.